The van der Waals surface area contributed by atoms with Gasteiger partial charge in [-0.1, -0.05) is 40.5 Å². The highest BCUT2D eigenvalue weighted by Crippen LogP contribution is 2.43. The Bertz CT molecular complexity index is 1450. The summed E-state index contributed by atoms with van der Waals surface area (Å²) in [6.07, 6.45) is -10.2. The predicted molar refractivity (Wildman–Crippen MR) is 110 cm³/mol. The lowest BCUT2D eigenvalue weighted by atomic mass is 10.0. The van der Waals surface area contributed by atoms with Crippen LogP contribution in [0.1, 0.15) is 14.0 Å². The van der Waals surface area contributed by atoms with Crippen molar-refractivity contribution in [2.24, 2.45) is 0 Å². The highest BCUT2D eigenvalue weighted by Gasteiger charge is 2.42. The Morgan fingerprint density at radius 3 is 2.40 bits per heavy atom. The first kappa shape index (κ1) is 22.4. The van der Waals surface area contributed by atoms with E-state index in [0.29, 0.717) is 10.9 Å². The van der Waals surface area contributed by atoms with E-state index in [9.17, 15) is 30.7 Å². The molecule has 0 saturated heterocycles. The number of halogens is 9. The van der Waals surface area contributed by atoms with Gasteiger partial charge in [0, 0.05) is 5.02 Å². The van der Waals surface area contributed by atoms with E-state index >= 15 is 0 Å². The molecule has 2 aromatic carbocycles. The van der Waals surface area contributed by atoms with Crippen LogP contribution in [0.4, 0.5) is 30.7 Å². The number of benzene rings is 2. The largest absolute Gasteiger partial charge is 0.522 e. The SMILES string of the molecule is [2H]C([2H])(OC(F)(F)F)c1c(-c2c(F)cccc2Cl)noc1-c1cnn(-c2cccc(Cl)c2)c1C(F)(F)F. The van der Waals surface area contributed by atoms with Crippen molar-refractivity contribution >= 4 is 23.2 Å². The van der Waals surface area contributed by atoms with Crippen LogP contribution in [0.5, 0.6) is 0 Å². The third-order valence-corrected chi connectivity index (χ3v) is 5.05. The van der Waals surface area contributed by atoms with Crippen molar-refractivity contribution in [3.63, 3.8) is 0 Å². The molecule has 0 bridgehead atoms. The fourth-order valence-electron chi connectivity index (χ4n) is 3.16. The van der Waals surface area contributed by atoms with E-state index in [1.54, 1.807) is 0 Å². The Morgan fingerprint density at radius 2 is 1.77 bits per heavy atom. The molecule has 4 aromatic rings. The van der Waals surface area contributed by atoms with Crippen LogP contribution < -0.4 is 0 Å². The fraction of sp³-hybridized carbons (Fsp3) is 0.143. The lowest BCUT2D eigenvalue weighted by molar-refractivity contribution is -0.330. The molecule has 4 rings (SSSR count). The van der Waals surface area contributed by atoms with E-state index < -0.39 is 63.8 Å². The molecule has 0 fully saturated rings. The Hall–Kier alpha value is -3.09. The molecule has 14 heteroatoms. The molecule has 0 aliphatic heterocycles. The molecule has 0 amide bonds. The van der Waals surface area contributed by atoms with E-state index in [0.717, 1.165) is 24.3 Å². The summed E-state index contributed by atoms with van der Waals surface area (Å²) in [5.74, 6) is -2.31. The van der Waals surface area contributed by atoms with Crippen LogP contribution in [0.2, 0.25) is 10.0 Å². The molecule has 0 spiro atoms. The molecule has 0 aliphatic carbocycles. The summed E-state index contributed by atoms with van der Waals surface area (Å²) in [4.78, 5) is 0. The Balaban J connectivity index is 2.05. The Kier molecular flexibility index (Phi) is 5.86. The minimum absolute atomic E-state index is 0.0504. The van der Waals surface area contributed by atoms with E-state index in [-0.39, 0.29) is 10.7 Å². The van der Waals surface area contributed by atoms with E-state index in [1.807, 2.05) is 0 Å². The zero-order valence-corrected chi connectivity index (χ0v) is 18.2. The van der Waals surface area contributed by atoms with Crippen molar-refractivity contribution < 1.29 is 42.7 Å². The standard InChI is InChI=1S/C21H10Cl2F7N3O2/c22-10-3-1-4-11(7-10)33-19(20(25,26)27)12(8-31-33)18-13(9-34-21(28,29)30)17(32-35-18)16-14(23)5-2-6-15(16)24/h1-8H,9H2/i9D2. The number of rotatable bonds is 5. The average molecular weight is 542 g/mol. The fourth-order valence-corrected chi connectivity index (χ4v) is 3.60. The van der Waals surface area contributed by atoms with Gasteiger partial charge in [0.15, 0.2) is 11.5 Å². The molecule has 35 heavy (non-hydrogen) atoms. The summed E-state index contributed by atoms with van der Waals surface area (Å²) >= 11 is 11.8. The van der Waals surface area contributed by atoms with Gasteiger partial charge in [0.25, 0.3) is 0 Å². The van der Waals surface area contributed by atoms with Crippen LogP contribution in [-0.4, -0.2) is 21.3 Å². The molecule has 2 heterocycles. The van der Waals surface area contributed by atoms with Crippen LogP contribution in [0.3, 0.4) is 0 Å². The maximum absolute atomic E-state index is 14.6. The van der Waals surface area contributed by atoms with Gasteiger partial charge in [-0.25, -0.2) is 9.07 Å². The van der Waals surface area contributed by atoms with Gasteiger partial charge in [0.1, 0.15) is 11.5 Å². The molecule has 0 N–H and O–H groups in total. The molecule has 184 valence electrons. The first-order valence-electron chi connectivity index (χ1n) is 10.2. The second-order valence-electron chi connectivity index (χ2n) is 6.78. The minimum atomic E-state index is -5.60. The molecule has 0 radical (unpaired) electrons. The quantitative estimate of drug-likeness (QED) is 0.243. The van der Waals surface area contributed by atoms with Gasteiger partial charge in [0.2, 0.25) is 0 Å². The number of nitrogens with zero attached hydrogens (tertiary/aromatic N) is 3. The molecule has 2 aromatic heterocycles. The number of hydrogen-bond acceptors (Lipinski definition) is 4. The summed E-state index contributed by atoms with van der Waals surface area (Å²) < 4.78 is 121. The van der Waals surface area contributed by atoms with Crippen molar-refractivity contribution in [1.29, 1.82) is 0 Å². The number of alkyl halides is 6. The first-order valence-corrected chi connectivity index (χ1v) is 9.98. The summed E-state index contributed by atoms with van der Waals surface area (Å²) in [5.41, 5.74) is -5.73. The second-order valence-corrected chi connectivity index (χ2v) is 7.62. The van der Waals surface area contributed by atoms with Crippen LogP contribution in [0, 0.1) is 5.82 Å². The van der Waals surface area contributed by atoms with Gasteiger partial charge in [0.05, 0.1) is 42.9 Å². The van der Waals surface area contributed by atoms with Crippen molar-refractivity contribution in [2.45, 2.75) is 19.1 Å². The van der Waals surface area contributed by atoms with Gasteiger partial charge in [-0.05, 0) is 30.3 Å². The summed E-state index contributed by atoms with van der Waals surface area (Å²) in [6.45, 7) is -3.92. The number of hydrogen-bond donors (Lipinski definition) is 0. The molecule has 5 nitrogen and oxygen atoms in total. The van der Waals surface area contributed by atoms with E-state index in [4.69, 9.17) is 30.5 Å². The highest BCUT2D eigenvalue weighted by atomic mass is 35.5. The zero-order valence-electron chi connectivity index (χ0n) is 18.7. The summed E-state index contributed by atoms with van der Waals surface area (Å²) in [5, 5.41) is 6.65. The predicted octanol–water partition coefficient (Wildman–Crippen LogP) is 7.70. The van der Waals surface area contributed by atoms with Crippen LogP contribution >= 0.6 is 23.2 Å². The average Bonchev–Trinajstić information content (AvgIpc) is 3.37. The molecular formula is C21H10Cl2F7N3O2. The van der Waals surface area contributed by atoms with E-state index in [2.05, 4.69) is 15.0 Å². The Morgan fingerprint density at radius 1 is 1.06 bits per heavy atom. The van der Waals surface area contributed by atoms with Crippen LogP contribution in [0.15, 0.2) is 53.2 Å². The minimum Gasteiger partial charge on any atom is -0.355 e. The van der Waals surface area contributed by atoms with Gasteiger partial charge in [-0.3, -0.25) is 4.74 Å². The summed E-state index contributed by atoms with van der Waals surface area (Å²) in [6, 6.07) is 8.13. The monoisotopic (exact) mass is 541 g/mol. The molecule has 0 saturated carbocycles. The molecular weight excluding hydrogens is 530 g/mol. The topological polar surface area (TPSA) is 53.1 Å². The third kappa shape index (κ3) is 5.14. The molecule has 0 aliphatic rings. The smallest absolute Gasteiger partial charge is 0.355 e. The van der Waals surface area contributed by atoms with Crippen molar-refractivity contribution in [2.75, 3.05) is 0 Å². The molecule has 0 unspecified atom stereocenters. The second kappa shape index (κ2) is 9.17. The van der Waals surface area contributed by atoms with Crippen LogP contribution in [-0.2, 0) is 17.5 Å². The lowest BCUT2D eigenvalue weighted by Crippen LogP contribution is -2.15. The Labute approximate surface area is 204 Å². The maximum atomic E-state index is 14.6. The van der Waals surface area contributed by atoms with E-state index in [1.165, 1.54) is 18.2 Å². The summed E-state index contributed by atoms with van der Waals surface area (Å²) in [7, 11) is 0. The zero-order chi connectivity index (χ0) is 27.3. The highest BCUT2D eigenvalue weighted by molar-refractivity contribution is 6.33. The maximum Gasteiger partial charge on any atom is 0.522 e. The first-order chi connectivity index (χ1) is 17.1. The van der Waals surface area contributed by atoms with Crippen molar-refractivity contribution in [1.82, 2.24) is 14.9 Å². The normalized spacial score (nSPS) is 13.6. The van der Waals surface area contributed by atoms with Gasteiger partial charge >= 0.3 is 12.5 Å². The molecule has 0 atom stereocenters. The van der Waals surface area contributed by atoms with Crippen molar-refractivity contribution in [3.8, 4) is 28.3 Å². The number of ether oxygens (including phenoxy) is 1. The van der Waals surface area contributed by atoms with Gasteiger partial charge < -0.3 is 4.52 Å². The third-order valence-electron chi connectivity index (χ3n) is 4.50. The number of aromatic nitrogens is 3. The van der Waals surface area contributed by atoms with Gasteiger partial charge in [-0.15, -0.1) is 13.2 Å². The van der Waals surface area contributed by atoms with Crippen LogP contribution in [0.25, 0.3) is 28.3 Å². The lowest BCUT2D eigenvalue weighted by Gasteiger charge is -2.13. The van der Waals surface area contributed by atoms with Gasteiger partial charge in [-0.2, -0.15) is 18.3 Å². The van der Waals surface area contributed by atoms with Crippen molar-refractivity contribution in [3.05, 3.63) is 75.8 Å².